The number of amidine groups is 1. The van der Waals surface area contributed by atoms with Crippen LogP contribution in [0.1, 0.15) is 5.56 Å². The van der Waals surface area contributed by atoms with E-state index in [9.17, 15) is 13.2 Å². The van der Waals surface area contributed by atoms with E-state index in [4.69, 9.17) is 16.3 Å². The Hall–Kier alpha value is -1.09. The quantitative estimate of drug-likeness (QED) is 0.779. The number of hydrogen-bond acceptors (Lipinski definition) is 5. The molecule has 2 aliphatic rings. The smallest absolute Gasteiger partial charge is 0.274 e. The number of carbonyl (C=O) groups is 1. The lowest BCUT2D eigenvalue weighted by molar-refractivity contribution is -0.121. The van der Waals surface area contributed by atoms with Crippen LogP contribution in [0.4, 0.5) is 0 Å². The van der Waals surface area contributed by atoms with Crippen LogP contribution in [-0.2, 0) is 25.9 Å². The summed E-state index contributed by atoms with van der Waals surface area (Å²) in [6.07, 6.45) is 0. The second-order valence-electron chi connectivity index (χ2n) is 5.78. The minimum Gasteiger partial charge on any atom is -0.375 e. The van der Waals surface area contributed by atoms with Crippen LogP contribution in [0.2, 0.25) is 5.02 Å². The Balaban J connectivity index is 1.86. The second-order valence-corrected chi connectivity index (χ2v) is 9.57. The fourth-order valence-corrected chi connectivity index (χ4v) is 6.96. The van der Waals surface area contributed by atoms with Crippen LogP contribution < -0.4 is 0 Å². The van der Waals surface area contributed by atoms with Gasteiger partial charge in [0.1, 0.15) is 6.61 Å². The van der Waals surface area contributed by atoms with E-state index >= 15 is 0 Å². The molecule has 0 saturated carbocycles. The number of benzene rings is 1. The first-order valence-electron chi connectivity index (χ1n) is 7.36. The maximum Gasteiger partial charge on any atom is 0.274 e. The lowest BCUT2D eigenvalue weighted by atomic mass is 10.1. The molecule has 0 N–H and O–H groups in total. The number of aliphatic imine (C=N–C) groups is 1. The lowest BCUT2D eigenvalue weighted by Crippen LogP contribution is -2.37. The van der Waals surface area contributed by atoms with Gasteiger partial charge in [-0.3, -0.25) is 4.79 Å². The number of amides is 1. The molecule has 130 valence electrons. The number of nitrogens with zero attached hydrogens (tertiary/aromatic N) is 2. The predicted octanol–water partition coefficient (Wildman–Crippen LogP) is 1.58. The highest BCUT2D eigenvalue weighted by Crippen LogP contribution is 2.39. The van der Waals surface area contributed by atoms with Crippen molar-refractivity contribution in [1.29, 1.82) is 0 Å². The summed E-state index contributed by atoms with van der Waals surface area (Å²) in [5.74, 6) is -0.156. The molecule has 2 atom stereocenters. The molecule has 1 aromatic carbocycles. The summed E-state index contributed by atoms with van der Waals surface area (Å²) in [6, 6.07) is 7.19. The minimum absolute atomic E-state index is 0.0867. The number of fused-ring (bicyclic) bond motifs is 1. The molecule has 0 aromatic heterocycles. The van der Waals surface area contributed by atoms with Crippen molar-refractivity contribution in [2.45, 2.75) is 17.8 Å². The highest BCUT2D eigenvalue weighted by molar-refractivity contribution is 8.15. The average molecular weight is 389 g/mol. The van der Waals surface area contributed by atoms with Gasteiger partial charge in [0, 0.05) is 23.9 Å². The number of hydrogen-bond donors (Lipinski definition) is 0. The van der Waals surface area contributed by atoms with Crippen molar-refractivity contribution in [3.05, 3.63) is 34.9 Å². The van der Waals surface area contributed by atoms with Crippen molar-refractivity contribution in [2.75, 3.05) is 25.2 Å². The Kier molecular flexibility index (Phi) is 5.19. The topological polar surface area (TPSA) is 76.0 Å². The zero-order chi connectivity index (χ0) is 17.3. The largest absolute Gasteiger partial charge is 0.375 e. The number of carbonyl (C=O) groups excluding carboxylic acids is 1. The summed E-state index contributed by atoms with van der Waals surface area (Å²) in [7, 11) is -1.61. The van der Waals surface area contributed by atoms with Crippen LogP contribution in [0.15, 0.2) is 29.3 Å². The lowest BCUT2D eigenvalue weighted by Gasteiger charge is -2.24. The third-order valence-electron chi connectivity index (χ3n) is 3.93. The van der Waals surface area contributed by atoms with Crippen molar-refractivity contribution in [1.82, 2.24) is 4.90 Å². The van der Waals surface area contributed by atoms with E-state index in [1.807, 2.05) is 17.0 Å². The second kappa shape index (κ2) is 7.03. The Morgan fingerprint density at radius 3 is 2.75 bits per heavy atom. The van der Waals surface area contributed by atoms with Gasteiger partial charge >= 0.3 is 0 Å². The first-order valence-corrected chi connectivity index (χ1v) is 10.4. The Morgan fingerprint density at radius 1 is 1.38 bits per heavy atom. The Bertz CT molecular complexity index is 764. The normalized spacial score (nSPS) is 26.8. The van der Waals surface area contributed by atoms with Crippen molar-refractivity contribution in [3.8, 4) is 0 Å². The third kappa shape index (κ3) is 3.93. The number of halogens is 1. The van der Waals surface area contributed by atoms with Gasteiger partial charge in [0.25, 0.3) is 5.91 Å². The Morgan fingerprint density at radius 2 is 2.08 bits per heavy atom. The van der Waals surface area contributed by atoms with Crippen LogP contribution in [-0.4, -0.2) is 60.9 Å². The third-order valence-corrected chi connectivity index (χ3v) is 7.43. The average Bonchev–Trinajstić information content (AvgIpc) is 2.95. The van der Waals surface area contributed by atoms with Crippen LogP contribution in [0.3, 0.4) is 0 Å². The zero-order valence-corrected chi connectivity index (χ0v) is 15.4. The summed E-state index contributed by atoms with van der Waals surface area (Å²) in [5, 5.41) is 1.12. The molecule has 1 aromatic rings. The number of thioether (sulfide) groups is 1. The fourth-order valence-electron chi connectivity index (χ4n) is 2.87. The highest BCUT2D eigenvalue weighted by atomic mass is 35.5. The van der Waals surface area contributed by atoms with Crippen molar-refractivity contribution < 1.29 is 17.9 Å². The molecule has 2 heterocycles. The number of rotatable bonds is 4. The molecule has 0 bridgehead atoms. The first-order chi connectivity index (χ1) is 11.4. The summed E-state index contributed by atoms with van der Waals surface area (Å²) in [4.78, 5) is 17.8. The number of ether oxygens (including phenoxy) is 1. The summed E-state index contributed by atoms with van der Waals surface area (Å²) < 4.78 is 28.7. The van der Waals surface area contributed by atoms with Gasteiger partial charge in [-0.05, 0) is 17.7 Å². The molecule has 3 rings (SSSR count). The molecule has 0 unspecified atom stereocenters. The van der Waals surface area contributed by atoms with E-state index in [2.05, 4.69) is 4.99 Å². The van der Waals surface area contributed by atoms with Gasteiger partial charge in [0.15, 0.2) is 15.0 Å². The van der Waals surface area contributed by atoms with Gasteiger partial charge in [-0.2, -0.15) is 4.99 Å². The molecular formula is C15H17ClN2O4S2. The molecule has 2 fully saturated rings. The van der Waals surface area contributed by atoms with E-state index in [-0.39, 0.29) is 35.3 Å². The number of sulfone groups is 1. The van der Waals surface area contributed by atoms with Gasteiger partial charge in [-0.25, -0.2) is 8.42 Å². The fraction of sp³-hybridized carbons (Fsp3) is 0.467. The van der Waals surface area contributed by atoms with Crippen molar-refractivity contribution in [3.63, 3.8) is 0 Å². The minimum atomic E-state index is -3.05. The van der Waals surface area contributed by atoms with Gasteiger partial charge in [0.2, 0.25) is 0 Å². The summed E-state index contributed by atoms with van der Waals surface area (Å²) >= 11 is 7.27. The zero-order valence-electron chi connectivity index (χ0n) is 13.0. The maximum absolute atomic E-state index is 11.9. The van der Waals surface area contributed by atoms with Crippen LogP contribution in [0, 0.1) is 0 Å². The van der Waals surface area contributed by atoms with Crippen LogP contribution in [0.25, 0.3) is 0 Å². The molecule has 1 amide bonds. The molecule has 0 radical (unpaired) electrons. The first kappa shape index (κ1) is 17.7. The maximum atomic E-state index is 11.9. The van der Waals surface area contributed by atoms with Crippen LogP contribution in [0.5, 0.6) is 0 Å². The van der Waals surface area contributed by atoms with Gasteiger partial charge in [-0.1, -0.05) is 35.5 Å². The number of methoxy groups -OCH3 is 1. The highest BCUT2D eigenvalue weighted by Gasteiger charge is 2.48. The van der Waals surface area contributed by atoms with Crippen LogP contribution >= 0.6 is 23.4 Å². The molecule has 6 nitrogen and oxygen atoms in total. The summed E-state index contributed by atoms with van der Waals surface area (Å²) in [5.41, 5.74) is 0.983. The molecule has 2 aliphatic heterocycles. The molecule has 2 saturated heterocycles. The Labute approximate surface area is 150 Å². The van der Waals surface area contributed by atoms with E-state index in [0.29, 0.717) is 16.7 Å². The van der Waals surface area contributed by atoms with E-state index in [1.165, 1.54) is 18.9 Å². The monoisotopic (exact) mass is 388 g/mol. The standard InChI is InChI=1S/C15H17ClN2O4S2/c1-22-7-14(19)17-15-18(6-10-2-4-11(16)5-3-10)12-8-24(20,21)9-13(12)23-15/h2-5,12-13H,6-9H2,1H3/t12-,13-/m0/s1. The summed E-state index contributed by atoms with van der Waals surface area (Å²) in [6.45, 7) is 0.395. The van der Waals surface area contributed by atoms with E-state index < -0.39 is 9.84 Å². The molecule has 9 heteroatoms. The SMILES string of the molecule is COCC(=O)N=C1S[C@H]2CS(=O)(=O)C[C@@H]2N1Cc1ccc(Cl)cc1. The van der Waals surface area contributed by atoms with E-state index in [0.717, 1.165) is 5.56 Å². The molecule has 24 heavy (non-hydrogen) atoms. The van der Waals surface area contributed by atoms with Gasteiger partial charge in [0.05, 0.1) is 17.5 Å². The van der Waals surface area contributed by atoms with E-state index in [1.54, 1.807) is 12.1 Å². The van der Waals surface area contributed by atoms with Gasteiger partial charge < -0.3 is 9.64 Å². The molecular weight excluding hydrogens is 372 g/mol. The van der Waals surface area contributed by atoms with Crippen molar-refractivity contribution in [2.24, 2.45) is 4.99 Å². The van der Waals surface area contributed by atoms with Crippen molar-refractivity contribution >= 4 is 44.3 Å². The predicted molar refractivity (Wildman–Crippen MR) is 95.1 cm³/mol. The molecule has 0 spiro atoms. The molecule has 0 aliphatic carbocycles. The van der Waals surface area contributed by atoms with Gasteiger partial charge in [-0.15, -0.1) is 0 Å².